The fourth-order valence-electron chi connectivity index (χ4n) is 2.73. The molecule has 0 unspecified atom stereocenters. The molecular formula is C16H23FN2O3S. The third-order valence-electron chi connectivity index (χ3n) is 4.53. The van der Waals surface area contributed by atoms with Gasteiger partial charge < -0.3 is 5.32 Å². The van der Waals surface area contributed by atoms with E-state index in [-0.39, 0.29) is 29.3 Å². The summed E-state index contributed by atoms with van der Waals surface area (Å²) in [7, 11) is -0.466. The minimum atomic E-state index is -3.36. The number of amides is 1. The van der Waals surface area contributed by atoms with Crippen molar-refractivity contribution in [3.8, 4) is 0 Å². The Labute approximate surface area is 136 Å². The summed E-state index contributed by atoms with van der Waals surface area (Å²) in [6.45, 7) is 0.458. The molecule has 1 aromatic rings. The molecule has 128 valence electrons. The number of sulfonamides is 1. The highest BCUT2D eigenvalue weighted by Crippen LogP contribution is 2.43. The van der Waals surface area contributed by atoms with Crippen LogP contribution in [0.4, 0.5) is 4.39 Å². The number of carbonyl (C=O) groups excluding carboxylic acids is 1. The largest absolute Gasteiger partial charge is 0.355 e. The van der Waals surface area contributed by atoms with Crippen LogP contribution in [0.1, 0.15) is 31.2 Å². The maximum atomic E-state index is 13.1. The summed E-state index contributed by atoms with van der Waals surface area (Å²) >= 11 is 0. The Morgan fingerprint density at radius 2 is 1.87 bits per heavy atom. The average Bonchev–Trinajstić information content (AvgIpc) is 2.45. The fraction of sp³-hybridized carbons (Fsp3) is 0.562. The lowest BCUT2D eigenvalue weighted by Gasteiger charge is -2.42. The maximum Gasteiger partial charge on any atom is 0.221 e. The Morgan fingerprint density at radius 3 is 2.35 bits per heavy atom. The number of nitrogens with zero attached hydrogens (tertiary/aromatic N) is 1. The van der Waals surface area contributed by atoms with Crippen LogP contribution in [0.5, 0.6) is 0 Å². The van der Waals surface area contributed by atoms with E-state index in [1.807, 2.05) is 0 Å². The first-order valence-corrected chi connectivity index (χ1v) is 9.29. The van der Waals surface area contributed by atoms with Gasteiger partial charge in [-0.3, -0.25) is 4.79 Å². The van der Waals surface area contributed by atoms with Gasteiger partial charge in [0, 0.05) is 32.5 Å². The molecule has 1 aliphatic rings. The minimum absolute atomic E-state index is 0.0555. The number of nitrogens with one attached hydrogen (secondary N) is 1. The summed E-state index contributed by atoms with van der Waals surface area (Å²) in [6.07, 6.45) is 2.89. The molecule has 0 aliphatic heterocycles. The van der Waals surface area contributed by atoms with Crippen LogP contribution in [0.2, 0.25) is 0 Å². The van der Waals surface area contributed by atoms with Crippen molar-refractivity contribution >= 4 is 15.9 Å². The minimum Gasteiger partial charge on any atom is -0.355 e. The van der Waals surface area contributed by atoms with Crippen LogP contribution >= 0.6 is 0 Å². The van der Waals surface area contributed by atoms with E-state index in [2.05, 4.69) is 5.32 Å². The van der Waals surface area contributed by atoms with Crippen LogP contribution < -0.4 is 5.32 Å². The van der Waals surface area contributed by atoms with Gasteiger partial charge in [0.05, 0.1) is 5.75 Å². The molecule has 1 aromatic carbocycles. The van der Waals surface area contributed by atoms with Gasteiger partial charge in [-0.2, -0.15) is 0 Å². The summed E-state index contributed by atoms with van der Waals surface area (Å²) in [5.74, 6) is -0.750. The summed E-state index contributed by atoms with van der Waals surface area (Å²) < 4.78 is 37.5. The third kappa shape index (κ3) is 4.29. The molecule has 0 heterocycles. The van der Waals surface area contributed by atoms with Gasteiger partial charge >= 0.3 is 0 Å². The number of rotatable bonds is 7. The number of hydrogen-bond donors (Lipinski definition) is 1. The van der Waals surface area contributed by atoms with Crippen molar-refractivity contribution in [2.45, 2.75) is 31.1 Å². The van der Waals surface area contributed by atoms with Crippen LogP contribution in [0.25, 0.3) is 0 Å². The highest BCUT2D eigenvalue weighted by Gasteiger charge is 2.38. The van der Waals surface area contributed by atoms with E-state index in [1.54, 1.807) is 12.1 Å². The number of carbonyl (C=O) groups is 1. The zero-order valence-electron chi connectivity index (χ0n) is 13.5. The molecule has 1 saturated carbocycles. The van der Waals surface area contributed by atoms with Crippen molar-refractivity contribution in [3.05, 3.63) is 35.6 Å². The Bertz CT molecular complexity index is 652. The van der Waals surface area contributed by atoms with Crippen molar-refractivity contribution in [2.24, 2.45) is 0 Å². The fourth-order valence-corrected chi connectivity index (χ4v) is 3.54. The second-order valence-electron chi connectivity index (χ2n) is 6.27. The molecule has 0 saturated heterocycles. The Balaban J connectivity index is 1.91. The molecule has 1 N–H and O–H groups in total. The standard InChI is InChI=1S/C16H23FN2O3S/c1-19(2)23(21,22)11-8-15(20)18-12-16(9-3-10-16)13-4-6-14(17)7-5-13/h4-7H,3,8-12H2,1-2H3,(H,18,20). The predicted octanol–water partition coefficient (Wildman–Crippen LogP) is 1.65. The summed E-state index contributed by atoms with van der Waals surface area (Å²) in [5, 5.41) is 2.83. The molecule has 7 heteroatoms. The van der Waals surface area contributed by atoms with Gasteiger partial charge in [0.1, 0.15) is 5.82 Å². The first kappa shape index (κ1) is 17.9. The van der Waals surface area contributed by atoms with Gasteiger partial charge in [0.2, 0.25) is 15.9 Å². The van der Waals surface area contributed by atoms with Gasteiger partial charge in [-0.15, -0.1) is 0 Å². The average molecular weight is 342 g/mol. The Hall–Kier alpha value is -1.47. The van der Waals surface area contributed by atoms with E-state index in [0.29, 0.717) is 6.54 Å². The first-order valence-electron chi connectivity index (χ1n) is 7.68. The van der Waals surface area contributed by atoms with Gasteiger partial charge in [0.25, 0.3) is 0 Å². The van der Waals surface area contributed by atoms with Gasteiger partial charge in [-0.05, 0) is 30.5 Å². The Morgan fingerprint density at radius 1 is 1.26 bits per heavy atom. The monoisotopic (exact) mass is 342 g/mol. The van der Waals surface area contributed by atoms with E-state index >= 15 is 0 Å². The smallest absolute Gasteiger partial charge is 0.221 e. The zero-order valence-corrected chi connectivity index (χ0v) is 14.3. The van der Waals surface area contributed by atoms with Crippen molar-refractivity contribution < 1.29 is 17.6 Å². The summed E-state index contributed by atoms with van der Waals surface area (Å²) in [6, 6.07) is 6.38. The maximum absolute atomic E-state index is 13.1. The number of hydrogen-bond acceptors (Lipinski definition) is 3. The van der Waals surface area contributed by atoms with Gasteiger partial charge in [0.15, 0.2) is 0 Å². The number of halogens is 1. The molecule has 1 aliphatic carbocycles. The lowest BCUT2D eigenvalue weighted by atomic mass is 9.64. The van der Waals surface area contributed by atoms with E-state index < -0.39 is 10.0 Å². The topological polar surface area (TPSA) is 66.5 Å². The summed E-state index contributed by atoms with van der Waals surface area (Å²) in [4.78, 5) is 11.9. The lowest BCUT2D eigenvalue weighted by Crippen LogP contribution is -2.46. The zero-order chi connectivity index (χ0) is 17.1. The predicted molar refractivity (Wildman–Crippen MR) is 87.0 cm³/mol. The Kier molecular flexibility index (Phi) is 5.41. The quantitative estimate of drug-likeness (QED) is 0.819. The molecule has 0 aromatic heterocycles. The second-order valence-corrected chi connectivity index (χ2v) is 8.57. The third-order valence-corrected chi connectivity index (χ3v) is 6.37. The molecule has 23 heavy (non-hydrogen) atoms. The van der Waals surface area contributed by atoms with Crippen molar-refractivity contribution in [1.29, 1.82) is 0 Å². The molecule has 1 amide bonds. The van der Waals surface area contributed by atoms with E-state index in [0.717, 1.165) is 29.1 Å². The molecule has 0 atom stereocenters. The van der Waals surface area contributed by atoms with Crippen molar-refractivity contribution in [1.82, 2.24) is 9.62 Å². The van der Waals surface area contributed by atoms with Crippen LogP contribution in [0, 0.1) is 5.82 Å². The van der Waals surface area contributed by atoms with E-state index in [4.69, 9.17) is 0 Å². The van der Waals surface area contributed by atoms with Crippen molar-refractivity contribution in [2.75, 3.05) is 26.4 Å². The van der Waals surface area contributed by atoms with Crippen molar-refractivity contribution in [3.63, 3.8) is 0 Å². The lowest BCUT2D eigenvalue weighted by molar-refractivity contribution is -0.121. The van der Waals surface area contributed by atoms with Gasteiger partial charge in [-0.25, -0.2) is 17.1 Å². The van der Waals surface area contributed by atoms with Gasteiger partial charge in [-0.1, -0.05) is 18.6 Å². The molecule has 2 rings (SSSR count). The molecule has 5 nitrogen and oxygen atoms in total. The highest BCUT2D eigenvalue weighted by molar-refractivity contribution is 7.89. The van der Waals surface area contributed by atoms with Crippen LogP contribution in [0.3, 0.4) is 0 Å². The SMILES string of the molecule is CN(C)S(=O)(=O)CCC(=O)NCC1(c2ccc(F)cc2)CCC1. The van der Waals surface area contributed by atoms with E-state index in [1.165, 1.54) is 26.2 Å². The van der Waals surface area contributed by atoms with Crippen LogP contribution in [-0.2, 0) is 20.2 Å². The first-order chi connectivity index (χ1) is 10.8. The molecule has 1 fully saturated rings. The summed E-state index contributed by atoms with van der Waals surface area (Å²) in [5.41, 5.74) is 0.871. The second kappa shape index (κ2) is 6.97. The highest BCUT2D eigenvalue weighted by atomic mass is 32.2. The van der Waals surface area contributed by atoms with Crippen LogP contribution in [-0.4, -0.2) is 45.0 Å². The van der Waals surface area contributed by atoms with Crippen LogP contribution in [0.15, 0.2) is 24.3 Å². The molecule has 0 bridgehead atoms. The normalized spacial score (nSPS) is 16.9. The molecular weight excluding hydrogens is 319 g/mol. The van der Waals surface area contributed by atoms with E-state index in [9.17, 15) is 17.6 Å². The molecule has 0 spiro atoms. The number of benzene rings is 1. The molecule has 0 radical (unpaired) electrons.